The highest BCUT2D eigenvalue weighted by Gasteiger charge is 2.40. The number of carbonyl (C=O) groups excluding carboxylic acids is 2. The normalized spacial score (nSPS) is 14.9. The molecular weight excluding hydrogens is 388 g/mol. The Morgan fingerprint density at radius 1 is 0.733 bits per heavy atom. The van der Waals surface area contributed by atoms with Gasteiger partial charge in [0.25, 0.3) is 11.8 Å². The Labute approximate surface area is 175 Å². The summed E-state index contributed by atoms with van der Waals surface area (Å²) in [5.74, 6) is -1.26. The van der Waals surface area contributed by atoms with Crippen LogP contribution in [0.25, 0.3) is 0 Å². The molecule has 30 heavy (non-hydrogen) atoms. The Bertz CT molecular complexity index is 719. The summed E-state index contributed by atoms with van der Waals surface area (Å²) in [4.78, 5) is 24.5. The highest BCUT2D eigenvalue weighted by atomic mass is 16.5. The van der Waals surface area contributed by atoms with Crippen LogP contribution in [0.5, 0.6) is 0 Å². The molecule has 0 saturated carbocycles. The molecule has 4 atom stereocenters. The number of ether oxygens (including phenoxy) is 2. The van der Waals surface area contributed by atoms with Gasteiger partial charge in [-0.15, -0.1) is 0 Å². The van der Waals surface area contributed by atoms with Gasteiger partial charge < -0.3 is 30.3 Å². The second-order valence-corrected chi connectivity index (χ2v) is 6.64. The average Bonchev–Trinajstić information content (AvgIpc) is 2.79. The van der Waals surface area contributed by atoms with Crippen molar-refractivity contribution in [2.45, 2.75) is 37.6 Å². The van der Waals surface area contributed by atoms with E-state index in [2.05, 4.69) is 10.6 Å². The third-order valence-corrected chi connectivity index (χ3v) is 4.52. The van der Waals surface area contributed by atoms with E-state index >= 15 is 0 Å². The van der Waals surface area contributed by atoms with Crippen LogP contribution in [0.2, 0.25) is 0 Å². The van der Waals surface area contributed by atoms with E-state index in [-0.39, 0.29) is 13.2 Å². The fourth-order valence-corrected chi connectivity index (χ4v) is 2.82. The molecule has 0 bridgehead atoms. The maximum atomic E-state index is 12.3. The Hall–Kier alpha value is -2.78. The number of likely N-dealkylation sites (N-methyl/N-ethyl adjacent to an activating group) is 2. The van der Waals surface area contributed by atoms with E-state index in [0.29, 0.717) is 0 Å². The predicted molar refractivity (Wildman–Crippen MR) is 110 cm³/mol. The minimum absolute atomic E-state index is 0.0399. The number of hydrogen-bond acceptors (Lipinski definition) is 6. The zero-order valence-electron chi connectivity index (χ0n) is 17.0. The number of hydrogen-bond donors (Lipinski definition) is 4. The zero-order valence-corrected chi connectivity index (χ0v) is 17.0. The molecule has 4 N–H and O–H groups in total. The molecule has 162 valence electrons. The number of amides is 2. The molecule has 8 nitrogen and oxygen atoms in total. The highest BCUT2D eigenvalue weighted by molar-refractivity contribution is 5.83. The molecule has 0 aliphatic heterocycles. The van der Waals surface area contributed by atoms with Crippen LogP contribution in [0.15, 0.2) is 60.7 Å². The summed E-state index contributed by atoms with van der Waals surface area (Å²) in [5.41, 5.74) is 1.58. The first-order chi connectivity index (χ1) is 14.5. The maximum Gasteiger partial charge on any atom is 0.251 e. The van der Waals surface area contributed by atoms with Crippen LogP contribution in [0.3, 0.4) is 0 Å². The van der Waals surface area contributed by atoms with E-state index in [9.17, 15) is 19.8 Å². The standard InChI is InChI=1S/C22H28N2O6/c1-23-21(27)19(29-13-15-9-5-3-6-10-15)17(25)18(26)20(22(28)24-2)30-14-16-11-7-4-8-12-16/h3-12,17-20,25-26H,13-14H2,1-2H3,(H,23,27)(H,24,28)/t17-,18-,19-,20-/m1/s1. The minimum atomic E-state index is -1.70. The lowest BCUT2D eigenvalue weighted by Gasteiger charge is -2.30. The van der Waals surface area contributed by atoms with Crippen molar-refractivity contribution >= 4 is 11.8 Å². The molecule has 0 saturated heterocycles. The van der Waals surface area contributed by atoms with Gasteiger partial charge in [0.05, 0.1) is 13.2 Å². The van der Waals surface area contributed by atoms with Crippen molar-refractivity contribution in [3.05, 3.63) is 71.8 Å². The molecule has 2 aromatic rings. The summed E-state index contributed by atoms with van der Waals surface area (Å²) in [7, 11) is 2.78. The van der Waals surface area contributed by atoms with Gasteiger partial charge in [0.15, 0.2) is 12.2 Å². The monoisotopic (exact) mass is 416 g/mol. The van der Waals surface area contributed by atoms with Crippen LogP contribution in [-0.2, 0) is 32.3 Å². The molecule has 0 unspecified atom stereocenters. The van der Waals surface area contributed by atoms with E-state index in [4.69, 9.17) is 9.47 Å². The molecule has 0 fully saturated rings. The van der Waals surface area contributed by atoms with Crippen LogP contribution in [-0.4, -0.2) is 60.5 Å². The number of carbonyl (C=O) groups is 2. The first-order valence-electron chi connectivity index (χ1n) is 9.58. The van der Waals surface area contributed by atoms with Gasteiger partial charge >= 0.3 is 0 Å². The van der Waals surface area contributed by atoms with Gasteiger partial charge in [0.1, 0.15) is 12.2 Å². The fourth-order valence-electron chi connectivity index (χ4n) is 2.82. The first-order valence-corrected chi connectivity index (χ1v) is 9.58. The van der Waals surface area contributed by atoms with E-state index in [1.165, 1.54) is 14.1 Å². The third-order valence-electron chi connectivity index (χ3n) is 4.52. The van der Waals surface area contributed by atoms with Crippen molar-refractivity contribution in [2.75, 3.05) is 14.1 Å². The Kier molecular flexibility index (Phi) is 9.43. The molecule has 0 aliphatic carbocycles. The summed E-state index contributed by atoms with van der Waals surface area (Å²) < 4.78 is 11.2. The lowest BCUT2D eigenvalue weighted by Crippen LogP contribution is -2.55. The van der Waals surface area contributed by atoms with Crippen LogP contribution in [0.4, 0.5) is 0 Å². The quantitative estimate of drug-likeness (QED) is 0.421. The van der Waals surface area contributed by atoms with Crippen LogP contribution >= 0.6 is 0 Å². The van der Waals surface area contributed by atoms with Gasteiger partial charge in [-0.05, 0) is 11.1 Å². The summed E-state index contributed by atoms with van der Waals surface area (Å²) in [6, 6.07) is 18.2. The molecule has 0 aromatic heterocycles. The summed E-state index contributed by atoms with van der Waals surface area (Å²) in [6.07, 6.45) is -6.21. The smallest absolute Gasteiger partial charge is 0.251 e. The van der Waals surface area contributed by atoms with Crippen molar-refractivity contribution < 1.29 is 29.3 Å². The zero-order chi connectivity index (χ0) is 21.9. The summed E-state index contributed by atoms with van der Waals surface area (Å²) >= 11 is 0. The molecule has 0 aliphatic rings. The molecule has 2 aromatic carbocycles. The van der Waals surface area contributed by atoms with Gasteiger partial charge in [0.2, 0.25) is 0 Å². The maximum absolute atomic E-state index is 12.3. The molecule has 0 heterocycles. The summed E-state index contributed by atoms with van der Waals surface area (Å²) in [6.45, 7) is 0.0798. The highest BCUT2D eigenvalue weighted by Crippen LogP contribution is 2.15. The molecule has 0 spiro atoms. The molecule has 2 rings (SSSR count). The predicted octanol–water partition coefficient (Wildman–Crippen LogP) is 0.371. The van der Waals surface area contributed by atoms with Crippen molar-refractivity contribution in [1.29, 1.82) is 0 Å². The van der Waals surface area contributed by atoms with Gasteiger partial charge in [-0.25, -0.2) is 0 Å². The SMILES string of the molecule is CNC(=O)[C@H](OCc1ccccc1)[C@H](O)[C@@H](O)[C@@H](OCc1ccccc1)C(=O)NC. The van der Waals surface area contributed by atoms with Gasteiger partial charge in [-0.2, -0.15) is 0 Å². The van der Waals surface area contributed by atoms with E-state index in [1.54, 1.807) is 24.3 Å². The summed E-state index contributed by atoms with van der Waals surface area (Å²) in [5, 5.41) is 26.1. The van der Waals surface area contributed by atoms with Crippen molar-refractivity contribution in [1.82, 2.24) is 10.6 Å². The van der Waals surface area contributed by atoms with E-state index < -0.39 is 36.2 Å². The average molecular weight is 416 g/mol. The van der Waals surface area contributed by atoms with E-state index in [1.807, 2.05) is 36.4 Å². The third kappa shape index (κ3) is 6.64. The van der Waals surface area contributed by atoms with Crippen LogP contribution < -0.4 is 10.6 Å². The van der Waals surface area contributed by atoms with Crippen LogP contribution in [0, 0.1) is 0 Å². The van der Waals surface area contributed by atoms with Gasteiger partial charge in [0, 0.05) is 14.1 Å². The van der Waals surface area contributed by atoms with Gasteiger partial charge in [-0.3, -0.25) is 9.59 Å². The van der Waals surface area contributed by atoms with Crippen molar-refractivity contribution in [3.8, 4) is 0 Å². The van der Waals surface area contributed by atoms with Crippen molar-refractivity contribution in [2.24, 2.45) is 0 Å². The Balaban J connectivity index is 2.11. The number of rotatable bonds is 11. The molecule has 0 radical (unpaired) electrons. The fraction of sp³-hybridized carbons (Fsp3) is 0.364. The minimum Gasteiger partial charge on any atom is -0.387 e. The molecule has 2 amide bonds. The topological polar surface area (TPSA) is 117 Å². The number of aliphatic hydroxyl groups is 2. The van der Waals surface area contributed by atoms with Crippen LogP contribution in [0.1, 0.15) is 11.1 Å². The Morgan fingerprint density at radius 2 is 1.07 bits per heavy atom. The lowest BCUT2D eigenvalue weighted by molar-refractivity contribution is -0.170. The number of benzene rings is 2. The second-order valence-electron chi connectivity index (χ2n) is 6.64. The lowest BCUT2D eigenvalue weighted by atomic mass is 10.0. The number of aliphatic hydroxyl groups excluding tert-OH is 2. The first kappa shape index (κ1) is 23.5. The molecular formula is C22H28N2O6. The van der Waals surface area contributed by atoms with Gasteiger partial charge in [-0.1, -0.05) is 60.7 Å². The Morgan fingerprint density at radius 3 is 1.37 bits per heavy atom. The van der Waals surface area contributed by atoms with Crippen molar-refractivity contribution in [3.63, 3.8) is 0 Å². The second kappa shape index (κ2) is 12.0. The molecule has 8 heteroatoms. The largest absolute Gasteiger partial charge is 0.387 e. The number of nitrogens with one attached hydrogen (secondary N) is 2. The van der Waals surface area contributed by atoms with E-state index in [0.717, 1.165) is 11.1 Å².